The number of hydrogen-bond donors (Lipinski definition) is 2. The van der Waals surface area contributed by atoms with Gasteiger partial charge in [-0.05, 0) is 37.1 Å². The number of H-pyrrole nitrogens is 1. The second-order valence-electron chi connectivity index (χ2n) is 5.83. The number of aromatic nitrogens is 1. The van der Waals surface area contributed by atoms with Gasteiger partial charge in [-0.1, -0.05) is 23.7 Å². The summed E-state index contributed by atoms with van der Waals surface area (Å²) in [5.74, 6) is -0.598. The summed E-state index contributed by atoms with van der Waals surface area (Å²) in [4.78, 5) is 3.13. The molecule has 3 aromatic rings. The number of rotatable bonds is 6. The van der Waals surface area contributed by atoms with Gasteiger partial charge in [-0.2, -0.15) is 0 Å². The number of hydrogen-bond acceptors (Lipinski definition) is 3. The predicted molar refractivity (Wildman–Crippen MR) is 99.9 cm³/mol. The summed E-state index contributed by atoms with van der Waals surface area (Å²) in [6, 6.07) is 8.91. The van der Waals surface area contributed by atoms with Crippen molar-refractivity contribution in [2.24, 2.45) is 0 Å². The van der Waals surface area contributed by atoms with E-state index in [2.05, 4.69) is 9.71 Å². The van der Waals surface area contributed by atoms with Crippen LogP contribution in [0.1, 0.15) is 11.3 Å². The van der Waals surface area contributed by atoms with Gasteiger partial charge >= 0.3 is 0 Å². The molecular weight excluding hydrogens is 379 g/mol. The molecule has 0 amide bonds. The van der Waals surface area contributed by atoms with Crippen molar-refractivity contribution >= 4 is 32.5 Å². The van der Waals surface area contributed by atoms with E-state index in [1.807, 2.05) is 19.1 Å². The zero-order valence-electron chi connectivity index (χ0n) is 14.3. The molecular formula is C18H18ClFN2O3S. The number of aromatic amines is 1. The van der Waals surface area contributed by atoms with Gasteiger partial charge in [0, 0.05) is 23.7 Å². The number of benzene rings is 2. The number of para-hydroxylation sites is 1. The van der Waals surface area contributed by atoms with Crippen LogP contribution in [0.2, 0.25) is 5.02 Å². The number of ether oxygens (including phenoxy) is 1. The summed E-state index contributed by atoms with van der Waals surface area (Å²) in [6.07, 6.45) is 0.481. The van der Waals surface area contributed by atoms with Crippen molar-refractivity contribution in [3.05, 3.63) is 58.5 Å². The topological polar surface area (TPSA) is 71.2 Å². The second-order valence-corrected chi connectivity index (χ2v) is 7.98. The lowest BCUT2D eigenvalue weighted by Gasteiger charge is -2.11. The molecule has 138 valence electrons. The Kier molecular flexibility index (Phi) is 5.22. The van der Waals surface area contributed by atoms with Crippen LogP contribution in [0.5, 0.6) is 5.75 Å². The summed E-state index contributed by atoms with van der Waals surface area (Å²) >= 11 is 6.19. The number of nitrogens with one attached hydrogen (secondary N) is 2. The van der Waals surface area contributed by atoms with Crippen LogP contribution in [0.25, 0.3) is 10.9 Å². The summed E-state index contributed by atoms with van der Waals surface area (Å²) < 4.78 is 45.8. The lowest BCUT2D eigenvalue weighted by Crippen LogP contribution is -2.26. The largest absolute Gasteiger partial charge is 0.495 e. The first-order valence-corrected chi connectivity index (χ1v) is 9.78. The Balaban J connectivity index is 1.80. The maximum absolute atomic E-state index is 13.3. The van der Waals surface area contributed by atoms with E-state index in [0.29, 0.717) is 11.4 Å². The lowest BCUT2D eigenvalue weighted by molar-refractivity contribution is 0.398. The molecule has 0 radical (unpaired) electrons. The van der Waals surface area contributed by atoms with E-state index >= 15 is 0 Å². The van der Waals surface area contributed by atoms with Crippen molar-refractivity contribution in [3.63, 3.8) is 0 Å². The zero-order valence-corrected chi connectivity index (χ0v) is 15.8. The van der Waals surface area contributed by atoms with E-state index in [1.165, 1.54) is 13.2 Å². The Morgan fingerprint density at radius 3 is 2.77 bits per heavy atom. The molecule has 0 aliphatic carbocycles. The fraction of sp³-hybridized carbons (Fsp3) is 0.222. The quantitative estimate of drug-likeness (QED) is 0.665. The molecule has 5 nitrogen and oxygen atoms in total. The summed E-state index contributed by atoms with van der Waals surface area (Å²) in [7, 11) is -2.53. The standard InChI is InChI=1S/C18H18ClFN2O3S/c1-11-13(14-4-3-5-15(19)18(14)22-11)8-9-21-26(23,24)17-7-6-12(20)10-16(17)25-2/h3-7,10,21-22H,8-9H2,1-2H3. The number of methoxy groups -OCH3 is 1. The SMILES string of the molecule is COc1cc(F)ccc1S(=O)(=O)NCCc1c(C)[nH]c2c(Cl)cccc12. The molecule has 1 heterocycles. The molecule has 0 aliphatic rings. The van der Waals surface area contributed by atoms with Crippen LogP contribution < -0.4 is 9.46 Å². The minimum Gasteiger partial charge on any atom is -0.495 e. The average Bonchev–Trinajstić information content (AvgIpc) is 2.92. The van der Waals surface area contributed by atoms with Gasteiger partial charge in [-0.3, -0.25) is 0 Å². The molecule has 2 N–H and O–H groups in total. The molecule has 0 bridgehead atoms. The first kappa shape index (κ1) is 18.7. The highest BCUT2D eigenvalue weighted by Crippen LogP contribution is 2.28. The summed E-state index contributed by atoms with van der Waals surface area (Å²) in [5, 5.41) is 1.59. The smallest absolute Gasteiger partial charge is 0.244 e. The Morgan fingerprint density at radius 1 is 1.27 bits per heavy atom. The van der Waals surface area contributed by atoms with Crippen LogP contribution in [0.15, 0.2) is 41.3 Å². The third-order valence-corrected chi connectivity index (χ3v) is 6.00. The third kappa shape index (κ3) is 3.56. The van der Waals surface area contributed by atoms with Gasteiger partial charge in [0.15, 0.2) is 0 Å². The van der Waals surface area contributed by atoms with Crippen molar-refractivity contribution < 1.29 is 17.5 Å². The maximum Gasteiger partial charge on any atom is 0.244 e. The van der Waals surface area contributed by atoms with Crippen LogP contribution in [0, 0.1) is 12.7 Å². The van der Waals surface area contributed by atoms with Gasteiger partial charge in [-0.15, -0.1) is 0 Å². The fourth-order valence-electron chi connectivity index (χ4n) is 2.94. The third-order valence-electron chi connectivity index (χ3n) is 4.19. The molecule has 0 spiro atoms. The number of sulfonamides is 1. The summed E-state index contributed by atoms with van der Waals surface area (Å²) in [5.41, 5.74) is 2.77. The maximum atomic E-state index is 13.3. The van der Waals surface area contributed by atoms with Crippen LogP contribution in [0.4, 0.5) is 4.39 Å². The van der Waals surface area contributed by atoms with Gasteiger partial charge in [0.1, 0.15) is 16.5 Å². The summed E-state index contributed by atoms with van der Waals surface area (Å²) in [6.45, 7) is 2.10. The lowest BCUT2D eigenvalue weighted by atomic mass is 10.1. The molecule has 3 rings (SSSR count). The number of aryl methyl sites for hydroxylation is 1. The second kappa shape index (κ2) is 7.26. The number of halogens is 2. The van der Waals surface area contributed by atoms with E-state index in [-0.39, 0.29) is 17.2 Å². The van der Waals surface area contributed by atoms with Gasteiger partial charge in [-0.25, -0.2) is 17.5 Å². The Morgan fingerprint density at radius 2 is 2.04 bits per heavy atom. The van der Waals surface area contributed by atoms with Crippen LogP contribution in [0.3, 0.4) is 0 Å². The highest BCUT2D eigenvalue weighted by Gasteiger charge is 2.20. The first-order chi connectivity index (χ1) is 12.3. The molecule has 0 fully saturated rings. The molecule has 1 aromatic heterocycles. The highest BCUT2D eigenvalue weighted by molar-refractivity contribution is 7.89. The average molecular weight is 397 g/mol. The Hall–Kier alpha value is -2.09. The van der Waals surface area contributed by atoms with E-state index in [0.717, 1.165) is 34.3 Å². The fourth-order valence-corrected chi connectivity index (χ4v) is 4.34. The van der Waals surface area contributed by atoms with E-state index in [9.17, 15) is 12.8 Å². The van der Waals surface area contributed by atoms with Crippen molar-refractivity contribution in [1.29, 1.82) is 0 Å². The van der Waals surface area contributed by atoms with Crippen molar-refractivity contribution in [2.45, 2.75) is 18.2 Å². The molecule has 26 heavy (non-hydrogen) atoms. The first-order valence-electron chi connectivity index (χ1n) is 7.92. The van der Waals surface area contributed by atoms with Crippen LogP contribution in [-0.4, -0.2) is 27.1 Å². The molecule has 0 saturated carbocycles. The highest BCUT2D eigenvalue weighted by atomic mass is 35.5. The Bertz CT molecular complexity index is 1060. The van der Waals surface area contributed by atoms with E-state index < -0.39 is 15.8 Å². The van der Waals surface area contributed by atoms with E-state index in [4.69, 9.17) is 16.3 Å². The molecule has 0 atom stereocenters. The predicted octanol–water partition coefficient (Wildman–Crippen LogP) is 3.80. The minimum atomic E-state index is -3.83. The number of fused-ring (bicyclic) bond motifs is 1. The van der Waals surface area contributed by atoms with Crippen molar-refractivity contribution in [2.75, 3.05) is 13.7 Å². The van der Waals surface area contributed by atoms with Gasteiger partial charge in [0.25, 0.3) is 0 Å². The Labute approximate surface area is 156 Å². The normalized spacial score (nSPS) is 11.8. The molecule has 0 unspecified atom stereocenters. The van der Waals surface area contributed by atoms with Crippen molar-refractivity contribution in [3.8, 4) is 5.75 Å². The molecule has 8 heteroatoms. The monoisotopic (exact) mass is 396 g/mol. The minimum absolute atomic E-state index is 0.0347. The molecule has 0 aliphatic heterocycles. The zero-order chi connectivity index (χ0) is 18.9. The van der Waals surface area contributed by atoms with Crippen LogP contribution in [-0.2, 0) is 16.4 Å². The van der Waals surface area contributed by atoms with Gasteiger partial charge in [0.05, 0.1) is 17.6 Å². The molecule has 2 aromatic carbocycles. The van der Waals surface area contributed by atoms with Gasteiger partial charge in [0.2, 0.25) is 10.0 Å². The van der Waals surface area contributed by atoms with E-state index in [1.54, 1.807) is 6.07 Å². The van der Waals surface area contributed by atoms with Crippen molar-refractivity contribution in [1.82, 2.24) is 9.71 Å². The van der Waals surface area contributed by atoms with Gasteiger partial charge < -0.3 is 9.72 Å². The van der Waals surface area contributed by atoms with Crippen LogP contribution >= 0.6 is 11.6 Å². The molecule has 0 saturated heterocycles.